The molecule has 4 N–H and O–H groups in total. The second kappa shape index (κ2) is 8.51. The lowest BCUT2D eigenvalue weighted by molar-refractivity contribution is 0.0432. The molecule has 1 atom stereocenters. The zero-order valence-electron chi connectivity index (χ0n) is 18.2. The lowest BCUT2D eigenvalue weighted by Gasteiger charge is -2.24. The largest absolute Gasteiger partial charge is 0.508 e. The Bertz CT molecular complexity index is 1210. The van der Waals surface area contributed by atoms with Crippen LogP contribution < -0.4 is 10.2 Å². The number of phenolic OH excluding ortho intramolecular Hbond substituents is 3. The summed E-state index contributed by atoms with van der Waals surface area (Å²) in [6, 6.07) is 3.56. The Morgan fingerprint density at radius 1 is 1.06 bits per heavy atom. The average Bonchev–Trinajstić information content (AvgIpc) is 2.64. The predicted molar refractivity (Wildman–Crippen MR) is 119 cm³/mol. The number of fused-ring (bicyclic) bond motifs is 2. The molecule has 0 spiro atoms. The molecule has 1 unspecified atom stereocenters. The highest BCUT2D eigenvalue weighted by Crippen LogP contribution is 2.39. The summed E-state index contributed by atoms with van der Waals surface area (Å²) in [7, 11) is 1.38. The Balaban J connectivity index is 2.14. The van der Waals surface area contributed by atoms with Crippen molar-refractivity contribution in [3.63, 3.8) is 0 Å². The van der Waals surface area contributed by atoms with Crippen molar-refractivity contribution in [2.75, 3.05) is 7.11 Å². The zero-order valence-corrected chi connectivity index (χ0v) is 18.2. The van der Waals surface area contributed by atoms with E-state index in [1.165, 1.54) is 24.8 Å². The minimum atomic E-state index is -1.00. The standard InChI is InChI=1S/C24H28O7/c1-13(2)6-5-8-24(3,29)9-7-15-20-19(12-17(27)23(15)30-4)31-18-11-14(25)10-16(26)21(18)22(20)28/h6,10-12,25-27,29H,5,7-9H2,1-4H3. The van der Waals surface area contributed by atoms with Crippen LogP contribution in [0.2, 0.25) is 0 Å². The van der Waals surface area contributed by atoms with Gasteiger partial charge in [0.05, 0.1) is 18.1 Å². The fraction of sp³-hybridized carbons (Fsp3) is 0.375. The van der Waals surface area contributed by atoms with Crippen molar-refractivity contribution in [3.8, 4) is 23.0 Å². The van der Waals surface area contributed by atoms with Gasteiger partial charge in [-0.1, -0.05) is 11.6 Å². The van der Waals surface area contributed by atoms with Crippen LogP contribution in [0.4, 0.5) is 0 Å². The number of phenols is 3. The fourth-order valence-corrected chi connectivity index (χ4v) is 3.80. The molecule has 0 amide bonds. The van der Waals surface area contributed by atoms with Crippen molar-refractivity contribution >= 4 is 21.9 Å². The van der Waals surface area contributed by atoms with Crippen molar-refractivity contribution in [1.29, 1.82) is 0 Å². The van der Waals surface area contributed by atoms with Gasteiger partial charge in [-0.15, -0.1) is 0 Å². The molecule has 3 aromatic rings. The molecule has 7 nitrogen and oxygen atoms in total. The van der Waals surface area contributed by atoms with Gasteiger partial charge < -0.3 is 29.6 Å². The lowest BCUT2D eigenvalue weighted by atomic mass is 9.90. The van der Waals surface area contributed by atoms with Crippen molar-refractivity contribution < 1.29 is 29.6 Å². The third-order valence-electron chi connectivity index (χ3n) is 5.42. The summed E-state index contributed by atoms with van der Waals surface area (Å²) in [5.41, 5.74) is 0.153. The summed E-state index contributed by atoms with van der Waals surface area (Å²) < 4.78 is 11.1. The minimum absolute atomic E-state index is 0.000707. The van der Waals surface area contributed by atoms with Gasteiger partial charge in [0.1, 0.15) is 28.1 Å². The van der Waals surface area contributed by atoms with Crippen LogP contribution in [0, 0.1) is 0 Å². The van der Waals surface area contributed by atoms with E-state index < -0.39 is 16.8 Å². The van der Waals surface area contributed by atoms with Crippen molar-refractivity contribution in [1.82, 2.24) is 0 Å². The maximum atomic E-state index is 13.3. The molecule has 3 rings (SSSR count). The summed E-state index contributed by atoms with van der Waals surface area (Å²) in [6.45, 7) is 5.73. The van der Waals surface area contributed by atoms with Crippen LogP contribution in [0.5, 0.6) is 23.0 Å². The third kappa shape index (κ3) is 4.61. The highest BCUT2D eigenvalue weighted by molar-refractivity contribution is 5.96. The molecule has 31 heavy (non-hydrogen) atoms. The highest BCUT2D eigenvalue weighted by Gasteiger charge is 2.25. The van der Waals surface area contributed by atoms with Gasteiger partial charge in [0, 0.05) is 23.8 Å². The van der Waals surface area contributed by atoms with Crippen LogP contribution in [0.25, 0.3) is 21.9 Å². The molecule has 0 saturated carbocycles. The van der Waals surface area contributed by atoms with E-state index in [2.05, 4.69) is 6.08 Å². The zero-order chi connectivity index (χ0) is 22.9. The molecule has 7 heteroatoms. The number of benzene rings is 2. The van der Waals surface area contributed by atoms with E-state index in [1.54, 1.807) is 6.92 Å². The number of hydrogen-bond acceptors (Lipinski definition) is 7. The van der Waals surface area contributed by atoms with Gasteiger partial charge in [0.25, 0.3) is 0 Å². The summed E-state index contributed by atoms with van der Waals surface area (Å²) in [4.78, 5) is 13.3. The molecular formula is C24H28O7. The van der Waals surface area contributed by atoms with Gasteiger partial charge in [-0.05, 0) is 46.5 Å². The summed E-state index contributed by atoms with van der Waals surface area (Å²) in [5.74, 6) is -0.742. The number of methoxy groups -OCH3 is 1. The van der Waals surface area contributed by atoms with Crippen LogP contribution in [0.1, 0.15) is 45.6 Å². The quantitative estimate of drug-likeness (QED) is 0.323. The molecule has 1 heterocycles. The molecular weight excluding hydrogens is 400 g/mol. The Kier molecular flexibility index (Phi) is 6.18. The first kappa shape index (κ1) is 22.5. The van der Waals surface area contributed by atoms with Crippen molar-refractivity contribution in [2.24, 2.45) is 0 Å². The second-order valence-corrected chi connectivity index (χ2v) is 8.37. The molecule has 2 aromatic carbocycles. The molecule has 0 aliphatic rings. The van der Waals surface area contributed by atoms with E-state index in [9.17, 15) is 25.2 Å². The predicted octanol–water partition coefficient (Wildman–Crippen LogP) is 4.50. The second-order valence-electron chi connectivity index (χ2n) is 8.37. The maximum absolute atomic E-state index is 13.3. The normalized spacial score (nSPS) is 13.3. The van der Waals surface area contributed by atoms with Crippen molar-refractivity contribution in [3.05, 3.63) is 45.6 Å². The van der Waals surface area contributed by atoms with Gasteiger partial charge in [-0.25, -0.2) is 0 Å². The van der Waals surface area contributed by atoms with E-state index in [1.807, 2.05) is 13.8 Å². The Morgan fingerprint density at radius 3 is 2.39 bits per heavy atom. The van der Waals surface area contributed by atoms with Crippen molar-refractivity contribution in [2.45, 2.75) is 52.1 Å². The summed E-state index contributed by atoms with van der Waals surface area (Å²) >= 11 is 0. The SMILES string of the molecule is COc1c(O)cc2oc3cc(O)cc(O)c3c(=O)c2c1CCC(C)(O)CCC=C(C)C. The Morgan fingerprint density at radius 2 is 1.74 bits per heavy atom. The Labute approximate surface area is 179 Å². The highest BCUT2D eigenvalue weighted by atomic mass is 16.5. The number of rotatable bonds is 7. The van der Waals surface area contributed by atoms with Crippen LogP contribution in [0.15, 0.2) is 39.1 Å². The molecule has 0 bridgehead atoms. The molecule has 166 valence electrons. The molecule has 1 aromatic heterocycles. The molecule has 0 aliphatic heterocycles. The first-order chi connectivity index (χ1) is 14.5. The topological polar surface area (TPSA) is 120 Å². The van der Waals surface area contributed by atoms with Crippen LogP contribution in [-0.2, 0) is 6.42 Å². The number of aryl methyl sites for hydroxylation is 1. The fourth-order valence-electron chi connectivity index (χ4n) is 3.80. The number of ether oxygens (including phenoxy) is 1. The number of aromatic hydroxyl groups is 3. The molecule has 0 fully saturated rings. The average molecular weight is 428 g/mol. The van der Waals surface area contributed by atoms with E-state index >= 15 is 0 Å². The summed E-state index contributed by atoms with van der Waals surface area (Å²) in [6.07, 6.45) is 3.87. The van der Waals surface area contributed by atoms with Gasteiger partial charge >= 0.3 is 0 Å². The monoisotopic (exact) mass is 428 g/mol. The van der Waals surface area contributed by atoms with E-state index in [-0.39, 0.29) is 45.6 Å². The van der Waals surface area contributed by atoms with Gasteiger partial charge in [0.15, 0.2) is 11.5 Å². The number of hydrogen-bond donors (Lipinski definition) is 4. The lowest BCUT2D eigenvalue weighted by Crippen LogP contribution is -2.25. The van der Waals surface area contributed by atoms with Gasteiger partial charge in [-0.3, -0.25) is 4.79 Å². The van der Waals surface area contributed by atoms with Crippen LogP contribution in [0.3, 0.4) is 0 Å². The van der Waals surface area contributed by atoms with E-state index in [0.29, 0.717) is 18.4 Å². The number of allylic oxidation sites excluding steroid dienone is 2. The summed E-state index contributed by atoms with van der Waals surface area (Å²) in [5, 5.41) is 41.3. The minimum Gasteiger partial charge on any atom is -0.508 e. The molecule has 0 aliphatic carbocycles. The third-order valence-corrected chi connectivity index (χ3v) is 5.42. The molecule has 0 saturated heterocycles. The van der Waals surface area contributed by atoms with E-state index in [4.69, 9.17) is 9.15 Å². The van der Waals surface area contributed by atoms with Gasteiger partial charge in [0.2, 0.25) is 5.43 Å². The van der Waals surface area contributed by atoms with Crippen LogP contribution >= 0.6 is 0 Å². The maximum Gasteiger partial charge on any atom is 0.204 e. The Hall–Kier alpha value is -3.19. The first-order valence-electron chi connectivity index (χ1n) is 10.1. The van der Waals surface area contributed by atoms with Crippen LogP contribution in [-0.4, -0.2) is 33.1 Å². The first-order valence-corrected chi connectivity index (χ1v) is 10.1. The van der Waals surface area contributed by atoms with Gasteiger partial charge in [-0.2, -0.15) is 0 Å². The van der Waals surface area contributed by atoms with E-state index in [0.717, 1.165) is 12.5 Å². The number of aliphatic hydroxyl groups is 1. The molecule has 0 radical (unpaired) electrons. The smallest absolute Gasteiger partial charge is 0.204 e.